The van der Waals surface area contributed by atoms with Crippen molar-refractivity contribution in [2.75, 3.05) is 41.7 Å². The molecule has 0 aliphatic heterocycles. The number of hydrogen-bond donors (Lipinski definition) is 0. The van der Waals surface area contributed by atoms with Crippen LogP contribution in [0.2, 0.25) is 51.4 Å². The van der Waals surface area contributed by atoms with Crippen LogP contribution in [-0.4, -0.2) is 121 Å². The van der Waals surface area contributed by atoms with E-state index in [9.17, 15) is 29.7 Å². The van der Waals surface area contributed by atoms with E-state index in [0.717, 1.165) is 45.0 Å². The zero-order chi connectivity index (χ0) is 64.8. The molecular weight excluding hydrogens is 1150 g/mol. The first-order chi connectivity index (χ1) is 41.3. The molecule has 2 unspecified atom stereocenters. The van der Waals surface area contributed by atoms with Crippen molar-refractivity contribution in [1.82, 2.24) is 28.2 Å². The normalized spacial score (nSPS) is 12.7. The first-order valence-corrected chi connectivity index (χ1v) is 36.7. The van der Waals surface area contributed by atoms with Gasteiger partial charge >= 0.3 is 24.1 Å². The maximum atomic E-state index is 13.2. The molecule has 2 atom stereocenters. The summed E-state index contributed by atoms with van der Waals surface area (Å²) >= 11 is 0. The average molecular weight is 1240 g/mol. The maximum Gasteiger partial charge on any atom is 0.419 e. The van der Waals surface area contributed by atoms with Crippen LogP contribution in [0.1, 0.15) is 111 Å². The van der Waals surface area contributed by atoms with E-state index in [2.05, 4.69) is 51.4 Å². The van der Waals surface area contributed by atoms with Crippen LogP contribution in [0.25, 0.3) is 43.9 Å². The van der Waals surface area contributed by atoms with E-state index in [1.165, 1.54) is 23.4 Å². The molecule has 4 heterocycles. The van der Waals surface area contributed by atoms with Gasteiger partial charge in [-0.2, -0.15) is 10.5 Å². The van der Waals surface area contributed by atoms with Crippen molar-refractivity contribution in [2.45, 2.75) is 156 Å². The van der Waals surface area contributed by atoms with Gasteiger partial charge in [0.05, 0.1) is 109 Å². The number of hydrogen-bond acceptors (Lipinski definition) is 16. The van der Waals surface area contributed by atoms with Crippen LogP contribution < -0.4 is 9.47 Å². The molecule has 0 saturated heterocycles. The monoisotopic (exact) mass is 1240 g/mol. The molecule has 4 aromatic heterocycles. The first-order valence-electron chi connectivity index (χ1n) is 29.3. The number of methoxy groups -OCH3 is 4. The molecule has 22 heteroatoms. The molecule has 0 spiro atoms. The topological polar surface area (TPSA) is 235 Å². The Kier molecular flexibility index (Phi) is 20.9. The predicted molar refractivity (Wildman–Crippen MR) is 344 cm³/mol. The SMILES string of the molecule is COC(=O)CC(c1c(OC)cc(C)c2c1ccn2C(=O)OC(C)(C)C)c1nc2cc(C#N)ccc2n1COCC[Si](C)(C)C.COC(=O)CC(c1c(OC)cc(C)c2c1ccn2C(=O)OC(C)(C)C)c1nc2ccc(C#N)cc2n1COCC[Si](C)(C)C. The number of fused-ring (bicyclic) bond motifs is 4. The van der Waals surface area contributed by atoms with E-state index < -0.39 is 63.3 Å². The van der Waals surface area contributed by atoms with Gasteiger partial charge in [0.1, 0.15) is 47.8 Å². The van der Waals surface area contributed by atoms with E-state index in [1.807, 2.05) is 94.9 Å². The van der Waals surface area contributed by atoms with Crippen molar-refractivity contribution in [3.8, 4) is 23.6 Å². The van der Waals surface area contributed by atoms with Gasteiger partial charge in [-0.3, -0.25) is 18.7 Å². The Morgan fingerprint density at radius 3 is 1.36 bits per heavy atom. The van der Waals surface area contributed by atoms with E-state index in [0.29, 0.717) is 80.7 Å². The van der Waals surface area contributed by atoms with Gasteiger partial charge < -0.3 is 47.0 Å². The summed E-state index contributed by atoms with van der Waals surface area (Å²) in [6.07, 6.45) is 2.22. The van der Waals surface area contributed by atoms with Crippen molar-refractivity contribution < 1.29 is 57.1 Å². The Morgan fingerprint density at radius 1 is 0.557 bits per heavy atom. The molecule has 0 aliphatic carbocycles. The van der Waals surface area contributed by atoms with Crippen LogP contribution in [0.3, 0.4) is 0 Å². The minimum absolute atomic E-state index is 0.0496. The standard InChI is InChI=1S/2C33H42N4O6Si/c1-21-16-27(40-5)29(23-12-13-36(30(21)23)32(39)43-33(2,3)4)24(18-28(38)41-6)31-35-25-17-22(19-34)10-11-26(25)37(31)20-42-14-15-44(7,8)9;1-21-16-27(40-5)29(23-12-13-36(30(21)23)32(39)43-33(2,3)4)24(18-28(38)41-6)31-35-25-11-10-22(19-34)17-26(25)37(31)20-42-14-15-44(7,8)9/h2*10-13,16-17,24H,14-15,18,20H2,1-9H3. The summed E-state index contributed by atoms with van der Waals surface area (Å²) in [5, 5.41) is 20.7. The van der Waals surface area contributed by atoms with Gasteiger partial charge in [0.15, 0.2) is 0 Å². The summed E-state index contributed by atoms with van der Waals surface area (Å²) in [4.78, 5) is 62.5. The summed E-state index contributed by atoms with van der Waals surface area (Å²) in [5.41, 5.74) is 6.60. The highest BCUT2D eigenvalue weighted by atomic mass is 28.3. The fourth-order valence-electron chi connectivity index (χ4n) is 10.5. The van der Waals surface area contributed by atoms with Gasteiger partial charge in [0.2, 0.25) is 0 Å². The molecule has 0 bridgehead atoms. The highest BCUT2D eigenvalue weighted by Crippen LogP contribution is 2.45. The molecule has 8 rings (SSSR count). The summed E-state index contributed by atoms with van der Waals surface area (Å²) in [7, 11) is 3.17. The third kappa shape index (κ3) is 15.9. The van der Waals surface area contributed by atoms with Gasteiger partial charge in [-0.15, -0.1) is 0 Å². The van der Waals surface area contributed by atoms with Crippen molar-refractivity contribution in [2.24, 2.45) is 0 Å². The lowest BCUT2D eigenvalue weighted by Gasteiger charge is -2.23. The summed E-state index contributed by atoms with van der Waals surface area (Å²) in [6, 6.07) is 24.4. The maximum absolute atomic E-state index is 13.2. The van der Waals surface area contributed by atoms with Gasteiger partial charge in [0.25, 0.3) is 0 Å². The number of carbonyl (C=O) groups is 4. The third-order valence-corrected chi connectivity index (χ3v) is 18.1. The van der Waals surface area contributed by atoms with Crippen molar-refractivity contribution in [3.05, 3.63) is 118 Å². The fraction of sp³-hybridized carbons (Fsp3) is 0.455. The average Bonchev–Trinajstić information content (AvgIpc) is 1.67. The van der Waals surface area contributed by atoms with Crippen molar-refractivity contribution in [1.29, 1.82) is 10.5 Å². The Labute approximate surface area is 517 Å². The molecule has 88 heavy (non-hydrogen) atoms. The quantitative estimate of drug-likeness (QED) is 0.0298. The van der Waals surface area contributed by atoms with E-state index >= 15 is 0 Å². The number of esters is 2. The number of carbonyl (C=O) groups excluding carboxylic acids is 4. The first kappa shape index (κ1) is 67.2. The Morgan fingerprint density at radius 2 is 0.966 bits per heavy atom. The Bertz CT molecular complexity index is 3840. The lowest BCUT2D eigenvalue weighted by atomic mass is 9.89. The van der Waals surface area contributed by atoms with Gasteiger partial charge in [-0.1, -0.05) is 39.3 Å². The second-order valence-electron chi connectivity index (χ2n) is 26.3. The van der Waals surface area contributed by atoms with Crippen LogP contribution in [-0.2, 0) is 51.5 Å². The summed E-state index contributed by atoms with van der Waals surface area (Å²) in [5.74, 6) is 0.0382. The molecule has 468 valence electrons. The van der Waals surface area contributed by atoms with Crippen LogP contribution in [0.5, 0.6) is 11.5 Å². The minimum Gasteiger partial charge on any atom is -0.496 e. The van der Waals surface area contributed by atoms with Gasteiger partial charge in [-0.25, -0.2) is 19.6 Å². The van der Waals surface area contributed by atoms with E-state index in [-0.39, 0.29) is 26.3 Å². The van der Waals surface area contributed by atoms with Crippen LogP contribution in [0, 0.1) is 36.5 Å². The molecule has 0 N–H and O–H groups in total. The largest absolute Gasteiger partial charge is 0.496 e. The molecule has 0 saturated carbocycles. The van der Waals surface area contributed by atoms with Crippen molar-refractivity contribution >= 4 is 84.1 Å². The lowest BCUT2D eigenvalue weighted by Crippen LogP contribution is -2.27. The summed E-state index contributed by atoms with van der Waals surface area (Å²) < 4.78 is 52.7. The number of aryl methyl sites for hydroxylation is 2. The second-order valence-corrected chi connectivity index (χ2v) is 37.5. The second kappa shape index (κ2) is 27.4. The number of nitrogens with zero attached hydrogens (tertiary/aromatic N) is 8. The third-order valence-electron chi connectivity index (χ3n) is 14.7. The zero-order valence-electron chi connectivity index (χ0n) is 54.2. The number of benzene rings is 4. The van der Waals surface area contributed by atoms with Crippen LogP contribution >= 0.6 is 0 Å². The van der Waals surface area contributed by atoms with Gasteiger partial charge in [-0.05, 0) is 139 Å². The number of rotatable bonds is 20. The van der Waals surface area contributed by atoms with Crippen LogP contribution in [0.4, 0.5) is 9.59 Å². The predicted octanol–water partition coefficient (Wildman–Crippen LogP) is 13.9. The highest BCUT2D eigenvalue weighted by Gasteiger charge is 2.35. The number of imidazole rings is 2. The van der Waals surface area contributed by atoms with Crippen LogP contribution in [0.15, 0.2) is 73.1 Å². The molecule has 20 nitrogen and oxygen atoms in total. The molecule has 0 amide bonds. The number of ether oxygens (including phenoxy) is 8. The molecule has 0 aliphatic rings. The number of aromatic nitrogens is 6. The van der Waals surface area contributed by atoms with E-state index in [1.54, 1.807) is 56.9 Å². The molecule has 4 aromatic carbocycles. The molecule has 0 fully saturated rings. The Balaban J connectivity index is 0.000000251. The molecular formula is C66H84N8O12Si2. The zero-order valence-corrected chi connectivity index (χ0v) is 56.2. The minimum atomic E-state index is -1.34. The lowest BCUT2D eigenvalue weighted by molar-refractivity contribution is -0.141. The molecule has 0 radical (unpaired) electrons. The number of nitriles is 2. The smallest absolute Gasteiger partial charge is 0.419 e. The summed E-state index contributed by atoms with van der Waals surface area (Å²) in [6.45, 7) is 30.0. The Hall–Kier alpha value is -8.29. The van der Waals surface area contributed by atoms with Gasteiger partial charge in [0, 0.05) is 63.7 Å². The molecule has 8 aromatic rings. The fourth-order valence-corrected chi connectivity index (χ4v) is 12.0. The van der Waals surface area contributed by atoms with Crippen molar-refractivity contribution in [3.63, 3.8) is 0 Å². The highest BCUT2D eigenvalue weighted by molar-refractivity contribution is 6.76. The van der Waals surface area contributed by atoms with E-state index in [4.69, 9.17) is 47.9 Å².